The van der Waals surface area contributed by atoms with Crippen LogP contribution in [0, 0.1) is 0 Å². The van der Waals surface area contributed by atoms with E-state index >= 15 is 0 Å². The number of rotatable bonds is 3. The van der Waals surface area contributed by atoms with Gasteiger partial charge in [-0.2, -0.15) is 0 Å². The molecule has 0 bridgehead atoms. The molecule has 17 heavy (non-hydrogen) atoms. The predicted molar refractivity (Wildman–Crippen MR) is 65.7 cm³/mol. The molecule has 3 nitrogen and oxygen atoms in total. The van der Waals surface area contributed by atoms with Crippen molar-refractivity contribution in [3.05, 3.63) is 34.9 Å². The highest BCUT2D eigenvalue weighted by Gasteiger charge is 2.33. The summed E-state index contributed by atoms with van der Waals surface area (Å²) in [6.07, 6.45) is 1.10. The van der Waals surface area contributed by atoms with Crippen LogP contribution in [0.1, 0.15) is 25.3 Å². The number of hydrogen-bond donors (Lipinski definition) is 0. The summed E-state index contributed by atoms with van der Waals surface area (Å²) >= 11 is 5.90. The Morgan fingerprint density at radius 3 is 2.94 bits per heavy atom. The smallest absolute Gasteiger partial charge is 0.223 e. The fourth-order valence-electron chi connectivity index (χ4n) is 2.19. The van der Waals surface area contributed by atoms with E-state index in [4.69, 9.17) is 11.6 Å². The number of carbonyl (C=O) groups is 2. The normalized spacial score (nSPS) is 19.8. The molecule has 1 atom stereocenters. The van der Waals surface area contributed by atoms with Crippen LogP contribution in [0.15, 0.2) is 24.3 Å². The van der Waals surface area contributed by atoms with E-state index in [1.807, 2.05) is 18.2 Å². The summed E-state index contributed by atoms with van der Waals surface area (Å²) in [6.45, 7) is 2.00. The van der Waals surface area contributed by atoms with Gasteiger partial charge in [-0.15, -0.1) is 0 Å². The van der Waals surface area contributed by atoms with E-state index in [-0.39, 0.29) is 17.7 Å². The van der Waals surface area contributed by atoms with Crippen molar-refractivity contribution in [2.75, 3.05) is 0 Å². The minimum absolute atomic E-state index is 0.0465. The van der Waals surface area contributed by atoms with Gasteiger partial charge in [0.15, 0.2) is 5.78 Å². The molecule has 1 amide bonds. The van der Waals surface area contributed by atoms with E-state index in [0.29, 0.717) is 24.4 Å². The molecule has 1 aliphatic heterocycles. The minimum Gasteiger partial charge on any atom is -0.328 e. The number of carbonyl (C=O) groups excluding carboxylic acids is 2. The Labute approximate surface area is 105 Å². The molecule has 0 unspecified atom stereocenters. The highest BCUT2D eigenvalue weighted by Crippen LogP contribution is 2.23. The molecule has 1 heterocycles. The highest BCUT2D eigenvalue weighted by molar-refractivity contribution is 6.30. The molecule has 0 saturated carbocycles. The number of halogens is 1. The number of likely N-dealkylation sites (tertiary alicyclic amines) is 1. The second-order valence-corrected chi connectivity index (χ2v) is 4.75. The number of amides is 1. The lowest BCUT2D eigenvalue weighted by Gasteiger charge is -2.22. The molecule has 90 valence electrons. The van der Waals surface area contributed by atoms with E-state index in [2.05, 4.69) is 0 Å². The SMILES string of the molecule is CC(=O)[C@@H]1CCC(=O)N1Cc1cccc(Cl)c1. The maximum absolute atomic E-state index is 11.7. The van der Waals surface area contributed by atoms with Crippen LogP contribution in [-0.2, 0) is 16.1 Å². The van der Waals surface area contributed by atoms with Gasteiger partial charge in [-0.05, 0) is 31.0 Å². The lowest BCUT2D eigenvalue weighted by molar-refractivity contribution is -0.134. The lowest BCUT2D eigenvalue weighted by atomic mass is 10.1. The largest absolute Gasteiger partial charge is 0.328 e. The van der Waals surface area contributed by atoms with Crippen molar-refractivity contribution in [2.45, 2.75) is 32.4 Å². The van der Waals surface area contributed by atoms with Crippen LogP contribution in [0.3, 0.4) is 0 Å². The van der Waals surface area contributed by atoms with Gasteiger partial charge in [0.05, 0.1) is 6.04 Å². The molecule has 2 rings (SSSR count). The molecule has 0 aromatic heterocycles. The Bertz CT molecular complexity index is 458. The molecule has 1 aromatic rings. The Balaban J connectivity index is 2.16. The third-order valence-corrected chi connectivity index (χ3v) is 3.27. The van der Waals surface area contributed by atoms with Gasteiger partial charge in [0, 0.05) is 18.0 Å². The number of ketones is 1. The standard InChI is InChI=1S/C13H14ClNO2/c1-9(16)12-5-6-13(17)15(12)8-10-3-2-4-11(14)7-10/h2-4,7,12H,5-6,8H2,1H3/t12-/m0/s1. The summed E-state index contributed by atoms with van der Waals surface area (Å²) in [5.74, 6) is 0.100. The molecule has 0 aliphatic carbocycles. The van der Waals surface area contributed by atoms with Crippen LogP contribution in [-0.4, -0.2) is 22.6 Å². The molecule has 0 N–H and O–H groups in total. The van der Waals surface area contributed by atoms with Gasteiger partial charge in [-0.3, -0.25) is 9.59 Å². The highest BCUT2D eigenvalue weighted by atomic mass is 35.5. The fourth-order valence-corrected chi connectivity index (χ4v) is 2.40. The number of benzene rings is 1. The average Bonchev–Trinajstić information content (AvgIpc) is 2.61. The topological polar surface area (TPSA) is 37.4 Å². The summed E-state index contributed by atoms with van der Waals surface area (Å²) in [4.78, 5) is 24.8. The summed E-state index contributed by atoms with van der Waals surface area (Å²) in [5.41, 5.74) is 0.957. The van der Waals surface area contributed by atoms with E-state index in [1.54, 1.807) is 11.0 Å². The fraction of sp³-hybridized carbons (Fsp3) is 0.385. The van der Waals surface area contributed by atoms with Crippen LogP contribution < -0.4 is 0 Å². The van der Waals surface area contributed by atoms with Crippen molar-refractivity contribution in [1.29, 1.82) is 0 Å². The maximum Gasteiger partial charge on any atom is 0.223 e. The van der Waals surface area contributed by atoms with Gasteiger partial charge in [0.2, 0.25) is 5.91 Å². The number of Topliss-reactive ketones (excluding diaryl/α,β-unsaturated/α-hetero) is 1. The van der Waals surface area contributed by atoms with Gasteiger partial charge < -0.3 is 4.90 Å². The third kappa shape index (κ3) is 2.67. The van der Waals surface area contributed by atoms with Crippen LogP contribution in [0.5, 0.6) is 0 Å². The summed E-state index contributed by atoms with van der Waals surface area (Å²) in [7, 11) is 0. The first-order valence-corrected chi connectivity index (χ1v) is 6.00. The summed E-state index contributed by atoms with van der Waals surface area (Å²) in [6, 6.07) is 7.11. The number of hydrogen-bond acceptors (Lipinski definition) is 2. The van der Waals surface area contributed by atoms with Crippen LogP contribution in [0.4, 0.5) is 0 Å². The lowest BCUT2D eigenvalue weighted by Crippen LogP contribution is -2.36. The van der Waals surface area contributed by atoms with E-state index < -0.39 is 0 Å². The van der Waals surface area contributed by atoms with Crippen LogP contribution >= 0.6 is 11.6 Å². The second kappa shape index (κ2) is 4.88. The number of nitrogens with zero attached hydrogens (tertiary/aromatic N) is 1. The monoisotopic (exact) mass is 251 g/mol. The van der Waals surface area contributed by atoms with Crippen molar-refractivity contribution in [3.63, 3.8) is 0 Å². The van der Waals surface area contributed by atoms with Gasteiger partial charge >= 0.3 is 0 Å². The third-order valence-electron chi connectivity index (χ3n) is 3.04. The van der Waals surface area contributed by atoms with Gasteiger partial charge in [-0.1, -0.05) is 23.7 Å². The molecule has 4 heteroatoms. The van der Waals surface area contributed by atoms with E-state index in [1.165, 1.54) is 6.92 Å². The molecule has 1 aliphatic rings. The first-order valence-electron chi connectivity index (χ1n) is 5.62. The first kappa shape index (κ1) is 12.1. The summed E-state index contributed by atoms with van der Waals surface area (Å²) in [5, 5.41) is 0.647. The minimum atomic E-state index is -0.263. The van der Waals surface area contributed by atoms with Crippen LogP contribution in [0.2, 0.25) is 5.02 Å². The molecular formula is C13H14ClNO2. The predicted octanol–water partition coefficient (Wildman–Crippen LogP) is 2.42. The molecule has 1 saturated heterocycles. The zero-order valence-corrected chi connectivity index (χ0v) is 10.4. The molecule has 1 fully saturated rings. The molecule has 0 spiro atoms. The Hall–Kier alpha value is -1.35. The van der Waals surface area contributed by atoms with Crippen molar-refractivity contribution < 1.29 is 9.59 Å². The van der Waals surface area contributed by atoms with E-state index in [0.717, 1.165) is 5.56 Å². The van der Waals surface area contributed by atoms with Crippen molar-refractivity contribution in [2.24, 2.45) is 0 Å². The first-order chi connectivity index (χ1) is 8.08. The molecule has 1 aromatic carbocycles. The Kier molecular flexibility index (Phi) is 3.48. The van der Waals surface area contributed by atoms with Gasteiger partial charge in [-0.25, -0.2) is 0 Å². The quantitative estimate of drug-likeness (QED) is 0.827. The zero-order valence-electron chi connectivity index (χ0n) is 9.65. The summed E-state index contributed by atoms with van der Waals surface area (Å²) < 4.78 is 0. The molecular weight excluding hydrogens is 238 g/mol. The van der Waals surface area contributed by atoms with Gasteiger partial charge in [0.1, 0.15) is 0 Å². The second-order valence-electron chi connectivity index (χ2n) is 4.32. The maximum atomic E-state index is 11.7. The van der Waals surface area contributed by atoms with Gasteiger partial charge in [0.25, 0.3) is 0 Å². The average molecular weight is 252 g/mol. The van der Waals surface area contributed by atoms with E-state index in [9.17, 15) is 9.59 Å². The Morgan fingerprint density at radius 2 is 2.29 bits per heavy atom. The van der Waals surface area contributed by atoms with Crippen molar-refractivity contribution in [1.82, 2.24) is 4.90 Å². The molecule has 0 radical (unpaired) electrons. The van der Waals surface area contributed by atoms with Crippen LogP contribution in [0.25, 0.3) is 0 Å². The van der Waals surface area contributed by atoms with Crippen molar-refractivity contribution in [3.8, 4) is 0 Å². The Morgan fingerprint density at radius 1 is 1.53 bits per heavy atom. The zero-order chi connectivity index (χ0) is 12.4. The van der Waals surface area contributed by atoms with Crippen molar-refractivity contribution >= 4 is 23.3 Å².